The van der Waals surface area contributed by atoms with Gasteiger partial charge in [-0.05, 0) is 35.9 Å². The van der Waals surface area contributed by atoms with E-state index in [-0.39, 0.29) is 11.6 Å². The normalized spacial score (nSPS) is 10.5. The summed E-state index contributed by atoms with van der Waals surface area (Å²) in [6, 6.07) is 10.6. The largest absolute Gasteiger partial charge is 0.398 e. The van der Waals surface area contributed by atoms with Crippen LogP contribution in [-0.4, -0.2) is 0 Å². The van der Waals surface area contributed by atoms with Gasteiger partial charge in [0.15, 0.2) is 0 Å². The van der Waals surface area contributed by atoms with E-state index in [2.05, 4.69) is 0 Å². The molecule has 88 valence electrons. The molecule has 0 radical (unpaired) electrons. The summed E-state index contributed by atoms with van der Waals surface area (Å²) < 4.78 is 26.0. The number of hydrogen-bond acceptors (Lipinski definition) is 2. The predicted molar refractivity (Wildman–Crippen MR) is 66.8 cm³/mol. The molecule has 0 spiro atoms. The highest BCUT2D eigenvalue weighted by molar-refractivity contribution is 7.98. The molecule has 0 aliphatic carbocycles. The number of benzene rings is 2. The molecular weight excluding hydrogens is 240 g/mol. The van der Waals surface area contributed by atoms with Gasteiger partial charge >= 0.3 is 0 Å². The molecule has 2 aromatic rings. The zero-order valence-electron chi connectivity index (χ0n) is 8.99. The quantitative estimate of drug-likeness (QED) is 0.662. The van der Waals surface area contributed by atoms with Crippen molar-refractivity contribution in [2.24, 2.45) is 0 Å². The lowest BCUT2D eigenvalue weighted by atomic mass is 10.2. The summed E-state index contributed by atoms with van der Waals surface area (Å²) in [5.41, 5.74) is 7.10. The molecule has 2 N–H and O–H groups in total. The lowest BCUT2D eigenvalue weighted by Crippen LogP contribution is -1.90. The average molecular weight is 251 g/mol. The Morgan fingerprint density at radius 2 is 1.76 bits per heavy atom. The van der Waals surface area contributed by atoms with Gasteiger partial charge in [-0.15, -0.1) is 11.8 Å². The highest BCUT2D eigenvalue weighted by Gasteiger charge is 2.03. The third-order valence-corrected chi connectivity index (χ3v) is 3.40. The summed E-state index contributed by atoms with van der Waals surface area (Å²) in [5, 5.41) is 0. The Kier molecular flexibility index (Phi) is 3.64. The molecule has 4 heteroatoms. The molecule has 0 bridgehead atoms. The van der Waals surface area contributed by atoms with E-state index in [1.807, 2.05) is 6.07 Å². The van der Waals surface area contributed by atoms with Crippen molar-refractivity contribution in [3.05, 3.63) is 59.7 Å². The van der Waals surface area contributed by atoms with Gasteiger partial charge in [-0.1, -0.05) is 12.1 Å². The lowest BCUT2D eigenvalue weighted by molar-refractivity contribution is 0.624. The van der Waals surface area contributed by atoms with Crippen LogP contribution in [-0.2, 0) is 5.75 Å². The van der Waals surface area contributed by atoms with E-state index in [0.29, 0.717) is 16.3 Å². The van der Waals surface area contributed by atoms with Crippen LogP contribution >= 0.6 is 11.8 Å². The van der Waals surface area contributed by atoms with Gasteiger partial charge < -0.3 is 5.73 Å². The summed E-state index contributed by atoms with van der Waals surface area (Å²) >= 11 is 1.39. The maximum absolute atomic E-state index is 13.0. The number of nitrogen functional groups attached to an aromatic ring is 1. The fourth-order valence-corrected chi connectivity index (χ4v) is 2.35. The van der Waals surface area contributed by atoms with Crippen molar-refractivity contribution in [3.63, 3.8) is 0 Å². The average Bonchev–Trinajstić information content (AvgIpc) is 2.30. The molecule has 0 fully saturated rings. The zero-order valence-corrected chi connectivity index (χ0v) is 9.81. The van der Waals surface area contributed by atoms with E-state index in [1.165, 1.54) is 42.1 Å². The first-order chi connectivity index (χ1) is 8.15. The van der Waals surface area contributed by atoms with Crippen LogP contribution in [0.15, 0.2) is 47.4 Å². The Bertz CT molecular complexity index is 529. The van der Waals surface area contributed by atoms with Gasteiger partial charge in [-0.3, -0.25) is 0 Å². The Morgan fingerprint density at radius 1 is 1.00 bits per heavy atom. The molecule has 0 amide bonds. The maximum Gasteiger partial charge on any atom is 0.124 e. The molecule has 1 nitrogen and oxygen atoms in total. The maximum atomic E-state index is 13.0. The number of hydrogen-bond donors (Lipinski definition) is 1. The molecule has 0 atom stereocenters. The third kappa shape index (κ3) is 3.20. The van der Waals surface area contributed by atoms with Crippen molar-refractivity contribution in [2.45, 2.75) is 10.6 Å². The second-order valence-electron chi connectivity index (χ2n) is 3.60. The van der Waals surface area contributed by atoms with Gasteiger partial charge in [-0.2, -0.15) is 0 Å². The van der Waals surface area contributed by atoms with Crippen LogP contribution in [0.4, 0.5) is 14.5 Å². The first-order valence-electron chi connectivity index (χ1n) is 5.07. The number of nitrogens with two attached hydrogens (primary N) is 1. The molecule has 0 heterocycles. The fourth-order valence-electron chi connectivity index (χ4n) is 1.42. The zero-order chi connectivity index (χ0) is 12.3. The molecule has 2 rings (SSSR count). The smallest absolute Gasteiger partial charge is 0.124 e. The summed E-state index contributed by atoms with van der Waals surface area (Å²) in [6.07, 6.45) is 0. The molecule has 17 heavy (non-hydrogen) atoms. The molecule has 2 aromatic carbocycles. The van der Waals surface area contributed by atoms with Gasteiger partial charge in [0.2, 0.25) is 0 Å². The minimum Gasteiger partial charge on any atom is -0.398 e. The van der Waals surface area contributed by atoms with Crippen LogP contribution in [0.5, 0.6) is 0 Å². The summed E-state index contributed by atoms with van der Waals surface area (Å²) in [5.74, 6) is -0.0259. The summed E-state index contributed by atoms with van der Waals surface area (Å²) in [6.45, 7) is 0. The molecule has 0 aliphatic heterocycles. The highest BCUT2D eigenvalue weighted by Crippen LogP contribution is 2.28. The van der Waals surface area contributed by atoms with Crippen LogP contribution in [0.3, 0.4) is 0 Å². The molecule has 0 aromatic heterocycles. The molecule has 0 saturated heterocycles. The molecular formula is C13H11F2NS. The van der Waals surface area contributed by atoms with Gasteiger partial charge in [0.05, 0.1) is 0 Å². The summed E-state index contributed by atoms with van der Waals surface area (Å²) in [4.78, 5) is 0.675. The van der Waals surface area contributed by atoms with Gasteiger partial charge in [0.1, 0.15) is 11.6 Å². The van der Waals surface area contributed by atoms with Crippen molar-refractivity contribution >= 4 is 17.4 Å². The van der Waals surface area contributed by atoms with E-state index >= 15 is 0 Å². The van der Waals surface area contributed by atoms with Gasteiger partial charge in [-0.25, -0.2) is 8.78 Å². The van der Waals surface area contributed by atoms with Crippen LogP contribution in [0, 0.1) is 11.6 Å². The second kappa shape index (κ2) is 5.19. The predicted octanol–water partition coefficient (Wildman–Crippen LogP) is 3.84. The van der Waals surface area contributed by atoms with Crippen molar-refractivity contribution in [2.75, 3.05) is 5.73 Å². The van der Waals surface area contributed by atoms with Crippen molar-refractivity contribution in [1.82, 2.24) is 0 Å². The first kappa shape index (κ1) is 11.9. The monoisotopic (exact) mass is 251 g/mol. The van der Waals surface area contributed by atoms with Crippen molar-refractivity contribution in [1.29, 1.82) is 0 Å². The summed E-state index contributed by atoms with van der Waals surface area (Å²) in [7, 11) is 0. The van der Waals surface area contributed by atoms with E-state index in [0.717, 1.165) is 5.56 Å². The Hall–Kier alpha value is -1.55. The Labute approximate surface area is 103 Å². The van der Waals surface area contributed by atoms with Crippen molar-refractivity contribution in [3.8, 4) is 0 Å². The van der Waals surface area contributed by atoms with Gasteiger partial charge in [0, 0.05) is 16.3 Å². The first-order valence-corrected chi connectivity index (χ1v) is 6.06. The molecule has 0 saturated carbocycles. The minimum atomic E-state index is -0.319. The van der Waals surface area contributed by atoms with Crippen LogP contribution in [0.1, 0.15) is 5.56 Å². The minimum absolute atomic E-state index is 0.268. The number of halogens is 2. The van der Waals surface area contributed by atoms with Crippen LogP contribution < -0.4 is 5.73 Å². The lowest BCUT2D eigenvalue weighted by Gasteiger charge is -2.05. The van der Waals surface area contributed by atoms with E-state index in [9.17, 15) is 8.78 Å². The van der Waals surface area contributed by atoms with Crippen molar-refractivity contribution < 1.29 is 8.78 Å². The van der Waals surface area contributed by atoms with Crippen LogP contribution in [0.25, 0.3) is 0 Å². The van der Waals surface area contributed by atoms with Gasteiger partial charge in [0.25, 0.3) is 0 Å². The fraction of sp³-hybridized carbons (Fsp3) is 0.0769. The SMILES string of the molecule is Nc1ccc(F)cc1SCc1cccc(F)c1. The standard InChI is InChI=1S/C13H11F2NS/c14-10-3-1-2-9(6-10)8-17-13-7-11(15)4-5-12(13)16/h1-7H,8,16H2. The number of rotatable bonds is 3. The molecule has 0 unspecified atom stereocenters. The Morgan fingerprint density at radius 3 is 2.53 bits per heavy atom. The Balaban J connectivity index is 2.09. The highest BCUT2D eigenvalue weighted by atomic mass is 32.2. The topological polar surface area (TPSA) is 26.0 Å². The second-order valence-corrected chi connectivity index (χ2v) is 4.62. The van der Waals surface area contributed by atoms with Crippen LogP contribution in [0.2, 0.25) is 0 Å². The number of thioether (sulfide) groups is 1. The van der Waals surface area contributed by atoms with E-state index in [1.54, 1.807) is 6.07 Å². The van der Waals surface area contributed by atoms with E-state index in [4.69, 9.17) is 5.73 Å². The third-order valence-electron chi connectivity index (χ3n) is 2.26. The van der Waals surface area contributed by atoms with E-state index < -0.39 is 0 Å². The number of anilines is 1. The molecule has 0 aliphatic rings.